The van der Waals surface area contributed by atoms with Gasteiger partial charge in [0.05, 0.1) is 12.6 Å². The summed E-state index contributed by atoms with van der Waals surface area (Å²) in [6.45, 7) is 8.83. The van der Waals surface area contributed by atoms with E-state index in [2.05, 4.69) is 42.5 Å². The molecule has 18 N–H and O–H groups in total. The Bertz CT molecular complexity index is 2280. The molecule has 0 spiro atoms. The van der Waals surface area contributed by atoms with E-state index in [0.717, 1.165) is 0 Å². The fourth-order valence-corrected chi connectivity index (χ4v) is 8.30. The Morgan fingerprint density at radius 3 is 1.62 bits per heavy atom. The molecule has 1 heterocycles. The van der Waals surface area contributed by atoms with Crippen molar-refractivity contribution in [1.82, 2.24) is 47.4 Å². The van der Waals surface area contributed by atoms with Gasteiger partial charge in [0.25, 0.3) is 0 Å². The third kappa shape index (κ3) is 23.6. The summed E-state index contributed by atoms with van der Waals surface area (Å²) in [4.78, 5) is 160. The number of amides is 10. The predicted molar refractivity (Wildman–Crippen MR) is 283 cm³/mol. The first-order valence-corrected chi connectivity index (χ1v) is 26.4. The lowest BCUT2D eigenvalue weighted by Crippen LogP contribution is -2.61. The van der Waals surface area contributed by atoms with Crippen LogP contribution in [0.25, 0.3) is 0 Å². The van der Waals surface area contributed by atoms with Crippen LogP contribution in [0.5, 0.6) is 5.75 Å². The molecule has 1 saturated heterocycles. The van der Waals surface area contributed by atoms with Crippen LogP contribution in [0.3, 0.4) is 0 Å². The Kier molecular flexibility index (Phi) is 28.9. The summed E-state index contributed by atoms with van der Waals surface area (Å²) in [5.74, 6) is -12.8. The zero-order valence-electron chi connectivity index (χ0n) is 45.7. The molecule has 28 heteroatoms. The number of aromatic hydroxyl groups is 1. The molecule has 9 atom stereocenters. The molecule has 0 radical (unpaired) electrons. The number of hydrogen-bond donors (Lipinski definition) is 15. The highest BCUT2D eigenvalue weighted by Gasteiger charge is 2.40. The van der Waals surface area contributed by atoms with E-state index >= 15 is 0 Å². The Balaban J connectivity index is 2.46. The summed E-state index contributed by atoms with van der Waals surface area (Å²) in [7, 11) is 0. The number of phenolic OH excluding ortho intramolecular Hbond substituents is 1. The summed E-state index contributed by atoms with van der Waals surface area (Å²) in [6.07, 6.45) is -1.18. The lowest BCUT2D eigenvalue weighted by molar-refractivity contribution is -0.141. The van der Waals surface area contributed by atoms with Gasteiger partial charge in [-0.3, -0.25) is 57.5 Å². The van der Waals surface area contributed by atoms with E-state index in [1.165, 1.54) is 29.2 Å². The van der Waals surface area contributed by atoms with Gasteiger partial charge in [-0.1, -0.05) is 53.7 Å². The van der Waals surface area contributed by atoms with Crippen molar-refractivity contribution in [3.05, 3.63) is 29.8 Å². The topological polar surface area (TPSA) is 463 Å². The third-order valence-electron chi connectivity index (χ3n) is 12.8. The highest BCUT2D eigenvalue weighted by Crippen LogP contribution is 2.21. The first-order valence-electron chi connectivity index (χ1n) is 26.4. The molecule has 1 aromatic carbocycles. The molecule has 442 valence electrons. The minimum atomic E-state index is -1.75. The number of benzene rings is 1. The quantitative estimate of drug-likeness (QED) is 0.0293. The summed E-state index contributed by atoms with van der Waals surface area (Å²) in [5.41, 5.74) is 17.6. The molecule has 1 aromatic rings. The SMILES string of the molecule is CC(C)C[C@H](NC(=O)[C@H](CCC(=O)O)NC(=O)[C@H](Cc1ccc(O)cc1)NC(=O)[C@H](CCCCN)NC(=O)[C@H](CCC(N)=O)NC(=O)[C@H](CO)NC(=O)[C@@H](NC(=O)[C@@H]1CCCN1C(=O)[C@@H](N)C(C)C)C(C)C)C(=O)NCC(=O)O. The van der Waals surface area contributed by atoms with Gasteiger partial charge in [-0.25, -0.2) is 0 Å². The minimum Gasteiger partial charge on any atom is -0.508 e. The molecule has 10 amide bonds. The molecule has 2 rings (SSSR count). The number of rotatable bonds is 35. The number of aliphatic carboxylic acids is 2. The Morgan fingerprint density at radius 1 is 0.620 bits per heavy atom. The molecule has 1 fully saturated rings. The van der Waals surface area contributed by atoms with Gasteiger partial charge in [0.2, 0.25) is 59.1 Å². The molecule has 0 unspecified atom stereocenters. The Hall–Kier alpha value is -7.46. The first kappa shape index (κ1) is 67.6. The number of unbranched alkanes of at least 4 members (excludes halogenated alkanes) is 1. The van der Waals surface area contributed by atoms with Gasteiger partial charge < -0.3 is 85.1 Å². The summed E-state index contributed by atoms with van der Waals surface area (Å²) < 4.78 is 0. The molecule has 0 bridgehead atoms. The van der Waals surface area contributed by atoms with Gasteiger partial charge in [-0.05, 0) is 93.4 Å². The van der Waals surface area contributed by atoms with Gasteiger partial charge in [0, 0.05) is 25.8 Å². The van der Waals surface area contributed by atoms with Gasteiger partial charge in [-0.2, -0.15) is 0 Å². The largest absolute Gasteiger partial charge is 0.508 e. The first-order chi connectivity index (χ1) is 37.1. The molecule has 79 heavy (non-hydrogen) atoms. The van der Waals surface area contributed by atoms with Crippen LogP contribution in [0.1, 0.15) is 111 Å². The normalized spacial score (nSPS) is 16.2. The van der Waals surface area contributed by atoms with Gasteiger partial charge in [0.15, 0.2) is 0 Å². The van der Waals surface area contributed by atoms with E-state index < -0.39 is 170 Å². The smallest absolute Gasteiger partial charge is 0.322 e. The van der Waals surface area contributed by atoms with Crippen LogP contribution in [-0.2, 0) is 64.0 Å². The molecule has 1 aliphatic heterocycles. The lowest BCUT2D eigenvalue weighted by atomic mass is 10.0. The summed E-state index contributed by atoms with van der Waals surface area (Å²) in [5, 5.41) is 58.5. The second-order valence-corrected chi connectivity index (χ2v) is 20.6. The fraction of sp³-hybridized carbons (Fsp3) is 0.647. The number of carboxylic acid groups (broad SMARTS) is 2. The number of primary amides is 1. The molecule has 0 saturated carbocycles. The van der Waals surface area contributed by atoms with Crippen LogP contribution in [0, 0.1) is 17.8 Å². The number of carboxylic acids is 2. The maximum Gasteiger partial charge on any atom is 0.322 e. The Labute approximate surface area is 458 Å². The number of nitrogens with two attached hydrogens (primary N) is 3. The zero-order valence-corrected chi connectivity index (χ0v) is 45.7. The average Bonchev–Trinajstić information content (AvgIpc) is 3.89. The van der Waals surface area contributed by atoms with Crippen molar-refractivity contribution in [1.29, 1.82) is 0 Å². The fourth-order valence-electron chi connectivity index (χ4n) is 8.30. The number of likely N-dealkylation sites (tertiary alicyclic amines) is 1. The number of nitrogens with zero attached hydrogens (tertiary/aromatic N) is 1. The van der Waals surface area contributed by atoms with E-state index in [1.54, 1.807) is 41.5 Å². The van der Waals surface area contributed by atoms with Crippen molar-refractivity contribution in [2.45, 2.75) is 167 Å². The molecule has 1 aliphatic rings. The van der Waals surface area contributed by atoms with Crippen molar-refractivity contribution in [2.24, 2.45) is 35.0 Å². The minimum absolute atomic E-state index is 0.0134. The number of aliphatic hydroxyl groups is 1. The number of aliphatic hydroxyl groups excluding tert-OH is 1. The molecular formula is C51H82N12O16. The molecular weight excluding hydrogens is 1040 g/mol. The van der Waals surface area contributed by atoms with E-state index in [0.29, 0.717) is 24.8 Å². The van der Waals surface area contributed by atoms with Crippen molar-refractivity contribution in [2.75, 3.05) is 26.2 Å². The van der Waals surface area contributed by atoms with Gasteiger partial charge in [0.1, 0.15) is 60.6 Å². The van der Waals surface area contributed by atoms with Crippen molar-refractivity contribution in [3.8, 4) is 5.75 Å². The van der Waals surface area contributed by atoms with Gasteiger partial charge in [-0.15, -0.1) is 0 Å². The highest BCUT2D eigenvalue weighted by molar-refractivity contribution is 5.99. The van der Waals surface area contributed by atoms with Crippen molar-refractivity contribution >= 4 is 71.0 Å². The van der Waals surface area contributed by atoms with Crippen molar-refractivity contribution < 1.29 is 78.0 Å². The number of carbonyl (C=O) groups excluding carboxylic acids is 10. The van der Waals surface area contributed by atoms with Crippen LogP contribution >= 0.6 is 0 Å². The average molecular weight is 1120 g/mol. The number of hydrogen-bond acceptors (Lipinski definition) is 16. The standard InChI is InChI=1S/C51H82N12O16/c1-26(2)22-34(43(71)55-24-40(69)70)59-46(74)33(17-19-39(67)68)57-47(75)35(23-29-12-14-30(65)15-13-29)60-44(72)31(10-7-8-20-52)56-45(73)32(16-18-38(53)66)58-48(76)36(25-64)61-50(78)42(28(5)6)62-49(77)37-11-9-21-63(37)51(79)41(54)27(3)4/h12-15,26-28,31-37,41-42,64-65H,7-11,16-25,52,54H2,1-6H3,(H2,53,66)(H,55,71)(H,56,73)(H,57,75)(H,58,76)(H,59,74)(H,60,72)(H,61,78)(H,62,77)(H,67,68)(H,69,70)/t31-,32-,33-,34-,35-,36-,37-,41-,42-/m0/s1. The van der Waals surface area contributed by atoms with E-state index in [4.69, 9.17) is 22.3 Å². The van der Waals surface area contributed by atoms with E-state index in [1.807, 2.05) is 0 Å². The predicted octanol–water partition coefficient (Wildman–Crippen LogP) is -3.54. The van der Waals surface area contributed by atoms with Crippen LogP contribution in [0.15, 0.2) is 24.3 Å². The van der Waals surface area contributed by atoms with E-state index in [9.17, 15) is 72.9 Å². The monoisotopic (exact) mass is 1120 g/mol. The second kappa shape index (κ2) is 33.7. The van der Waals surface area contributed by atoms with Crippen molar-refractivity contribution in [3.63, 3.8) is 0 Å². The van der Waals surface area contributed by atoms with Crippen LogP contribution in [-0.4, -0.2) is 177 Å². The van der Waals surface area contributed by atoms with Gasteiger partial charge >= 0.3 is 11.9 Å². The molecule has 28 nitrogen and oxygen atoms in total. The maximum atomic E-state index is 14.4. The van der Waals surface area contributed by atoms with Crippen LogP contribution < -0.4 is 59.7 Å². The molecule has 0 aliphatic carbocycles. The van der Waals surface area contributed by atoms with Crippen LogP contribution in [0.2, 0.25) is 0 Å². The zero-order chi connectivity index (χ0) is 59.7. The number of nitrogens with one attached hydrogen (secondary N) is 8. The maximum absolute atomic E-state index is 14.4. The lowest BCUT2D eigenvalue weighted by Gasteiger charge is -2.30. The van der Waals surface area contributed by atoms with E-state index in [-0.39, 0.29) is 56.4 Å². The third-order valence-corrected chi connectivity index (χ3v) is 12.8. The molecule has 0 aromatic heterocycles. The Morgan fingerprint density at radius 2 is 1.13 bits per heavy atom. The number of phenols is 1. The number of carbonyl (C=O) groups is 12. The highest BCUT2D eigenvalue weighted by atomic mass is 16.4. The second-order valence-electron chi connectivity index (χ2n) is 20.6. The summed E-state index contributed by atoms with van der Waals surface area (Å²) >= 11 is 0. The van der Waals surface area contributed by atoms with Crippen LogP contribution in [0.4, 0.5) is 0 Å². The summed E-state index contributed by atoms with van der Waals surface area (Å²) in [6, 6.07) is -7.11.